The standard InChI is InChI=1S/C23H23Br2IN2O5/c24-18-11-14(12-19(25)21(18)33-23(31)27-7-9-32-10-8-29)3-1-2-4-16-17-13-15(26)5-6-20(17)28-22(16)30/h4-6,11-13,29H,1-3,7-10H2,(H,27,31)(H,28,30)/b16-4-. The number of hydrogen-bond donors (Lipinski definition) is 3. The minimum atomic E-state index is -0.590. The number of carbonyl (C=O) groups is 2. The third-order valence-electron chi connectivity index (χ3n) is 4.79. The molecule has 0 atom stereocenters. The molecule has 0 radical (unpaired) electrons. The third kappa shape index (κ3) is 7.51. The maximum atomic E-state index is 12.3. The van der Waals surface area contributed by atoms with Crippen LogP contribution in [0.25, 0.3) is 5.57 Å². The number of amides is 2. The van der Waals surface area contributed by atoms with Crippen molar-refractivity contribution in [2.75, 3.05) is 31.7 Å². The highest BCUT2D eigenvalue weighted by atomic mass is 127. The molecule has 0 saturated heterocycles. The van der Waals surface area contributed by atoms with Gasteiger partial charge in [-0.05, 0) is 110 Å². The molecule has 0 spiro atoms. The van der Waals surface area contributed by atoms with Crippen molar-refractivity contribution in [2.24, 2.45) is 0 Å². The number of fused-ring (bicyclic) bond motifs is 1. The largest absolute Gasteiger partial charge is 0.412 e. The summed E-state index contributed by atoms with van der Waals surface area (Å²) in [6.45, 7) is 0.742. The van der Waals surface area contributed by atoms with Crippen LogP contribution in [0.2, 0.25) is 0 Å². The fourth-order valence-electron chi connectivity index (χ4n) is 3.29. The molecule has 1 aliphatic heterocycles. The summed E-state index contributed by atoms with van der Waals surface area (Å²) in [6, 6.07) is 9.77. The zero-order valence-electron chi connectivity index (χ0n) is 17.6. The van der Waals surface area contributed by atoms with Gasteiger partial charge in [0.1, 0.15) is 0 Å². The topological polar surface area (TPSA) is 96.9 Å². The Kier molecular flexibility index (Phi) is 10.2. The number of benzene rings is 2. The fraction of sp³-hybridized carbons (Fsp3) is 0.304. The van der Waals surface area contributed by atoms with E-state index in [1.54, 1.807) is 0 Å². The molecule has 33 heavy (non-hydrogen) atoms. The molecule has 176 valence electrons. The van der Waals surface area contributed by atoms with Gasteiger partial charge in [0.05, 0.1) is 28.8 Å². The quantitative estimate of drug-likeness (QED) is 0.179. The van der Waals surface area contributed by atoms with Crippen molar-refractivity contribution in [3.05, 3.63) is 60.1 Å². The summed E-state index contributed by atoms with van der Waals surface area (Å²) < 4.78 is 12.9. The maximum Gasteiger partial charge on any atom is 0.412 e. The molecule has 1 heterocycles. The Balaban J connectivity index is 1.52. The van der Waals surface area contributed by atoms with Gasteiger partial charge in [-0.1, -0.05) is 6.08 Å². The summed E-state index contributed by atoms with van der Waals surface area (Å²) >= 11 is 9.19. The summed E-state index contributed by atoms with van der Waals surface area (Å²) in [5, 5.41) is 14.2. The van der Waals surface area contributed by atoms with E-state index >= 15 is 0 Å². The van der Waals surface area contributed by atoms with Crippen LogP contribution in [0.5, 0.6) is 5.75 Å². The SMILES string of the molecule is O=C(NCCOCCO)Oc1c(Br)cc(CCC/C=C2\C(=O)Nc3ccc(I)cc32)cc1Br. The maximum absolute atomic E-state index is 12.3. The zero-order chi connectivity index (χ0) is 23.8. The number of aliphatic hydroxyl groups excluding tert-OH is 1. The lowest BCUT2D eigenvalue weighted by molar-refractivity contribution is -0.110. The number of aryl methyl sites for hydroxylation is 1. The molecular weight excluding hydrogens is 671 g/mol. The van der Waals surface area contributed by atoms with Gasteiger partial charge in [-0.2, -0.15) is 0 Å². The lowest BCUT2D eigenvalue weighted by atomic mass is 10.0. The summed E-state index contributed by atoms with van der Waals surface area (Å²) in [4.78, 5) is 24.3. The van der Waals surface area contributed by atoms with Gasteiger partial charge in [-0.15, -0.1) is 0 Å². The number of halogens is 3. The second kappa shape index (κ2) is 12.8. The van der Waals surface area contributed by atoms with Gasteiger partial charge in [-0.25, -0.2) is 4.79 Å². The molecule has 2 amide bonds. The van der Waals surface area contributed by atoms with Crippen molar-refractivity contribution in [2.45, 2.75) is 19.3 Å². The van der Waals surface area contributed by atoms with E-state index < -0.39 is 6.09 Å². The first kappa shape index (κ1) is 26.1. The van der Waals surface area contributed by atoms with Crippen LogP contribution in [0, 0.1) is 3.57 Å². The van der Waals surface area contributed by atoms with Crippen LogP contribution in [0.4, 0.5) is 10.5 Å². The number of unbranched alkanes of at least 4 members (excludes halogenated alkanes) is 1. The monoisotopic (exact) mass is 692 g/mol. The predicted octanol–water partition coefficient (Wildman–Crippen LogP) is 5.27. The average Bonchev–Trinajstić information content (AvgIpc) is 3.08. The molecule has 3 N–H and O–H groups in total. The van der Waals surface area contributed by atoms with Crippen molar-refractivity contribution in [3.8, 4) is 5.75 Å². The van der Waals surface area contributed by atoms with E-state index in [2.05, 4.69) is 65.1 Å². The number of allylic oxidation sites excluding steroid dienone is 1. The van der Waals surface area contributed by atoms with Gasteiger partial charge in [0, 0.05) is 26.9 Å². The Morgan fingerprint density at radius 2 is 1.94 bits per heavy atom. The van der Waals surface area contributed by atoms with E-state index in [0.717, 1.165) is 45.2 Å². The number of ether oxygens (including phenoxy) is 2. The lowest BCUT2D eigenvalue weighted by Gasteiger charge is -2.12. The molecule has 0 bridgehead atoms. The number of anilines is 1. The first-order chi connectivity index (χ1) is 15.9. The van der Waals surface area contributed by atoms with Crippen LogP contribution < -0.4 is 15.4 Å². The molecule has 2 aromatic carbocycles. The number of hydrogen-bond acceptors (Lipinski definition) is 5. The Bertz CT molecular complexity index is 1040. The van der Waals surface area contributed by atoms with Crippen molar-refractivity contribution >= 4 is 77.7 Å². The highest BCUT2D eigenvalue weighted by Gasteiger charge is 2.23. The van der Waals surface area contributed by atoms with Gasteiger partial charge in [0.25, 0.3) is 5.91 Å². The van der Waals surface area contributed by atoms with E-state index in [4.69, 9.17) is 14.6 Å². The molecule has 0 saturated carbocycles. The second-order valence-electron chi connectivity index (χ2n) is 7.19. The third-order valence-corrected chi connectivity index (χ3v) is 6.64. The van der Waals surface area contributed by atoms with E-state index in [0.29, 0.717) is 21.3 Å². The minimum absolute atomic E-state index is 0.0581. The molecule has 7 nitrogen and oxygen atoms in total. The summed E-state index contributed by atoms with van der Waals surface area (Å²) in [7, 11) is 0. The highest BCUT2D eigenvalue weighted by Crippen LogP contribution is 2.36. The highest BCUT2D eigenvalue weighted by molar-refractivity contribution is 14.1. The molecule has 3 rings (SSSR count). The van der Waals surface area contributed by atoms with Gasteiger partial charge in [-0.3, -0.25) is 4.79 Å². The molecule has 1 aliphatic rings. The van der Waals surface area contributed by atoms with Crippen molar-refractivity contribution in [1.82, 2.24) is 5.32 Å². The first-order valence-corrected chi connectivity index (χ1v) is 13.0. The molecular formula is C23H23Br2IN2O5. The average molecular weight is 694 g/mol. The number of aliphatic hydroxyl groups is 1. The van der Waals surface area contributed by atoms with E-state index in [-0.39, 0.29) is 25.7 Å². The van der Waals surface area contributed by atoms with Crippen molar-refractivity contribution in [3.63, 3.8) is 0 Å². The van der Waals surface area contributed by atoms with E-state index in [1.165, 1.54) is 0 Å². The summed E-state index contributed by atoms with van der Waals surface area (Å²) in [6.07, 6.45) is 3.84. The zero-order valence-corrected chi connectivity index (χ0v) is 23.0. The number of nitrogens with one attached hydrogen (secondary N) is 2. The van der Waals surface area contributed by atoms with Crippen LogP contribution in [-0.2, 0) is 16.0 Å². The predicted molar refractivity (Wildman–Crippen MR) is 142 cm³/mol. The molecule has 0 aliphatic carbocycles. The van der Waals surface area contributed by atoms with Crippen molar-refractivity contribution in [1.29, 1.82) is 0 Å². The molecule has 0 unspecified atom stereocenters. The van der Waals surface area contributed by atoms with Gasteiger partial charge >= 0.3 is 6.09 Å². The van der Waals surface area contributed by atoms with E-state index in [1.807, 2.05) is 36.4 Å². The first-order valence-electron chi connectivity index (χ1n) is 10.3. The fourth-order valence-corrected chi connectivity index (χ4v) is 5.22. The Hall–Kier alpha value is -1.47. The molecule has 2 aromatic rings. The van der Waals surface area contributed by atoms with Crippen molar-refractivity contribution < 1.29 is 24.2 Å². The van der Waals surface area contributed by atoms with Gasteiger partial charge in [0.15, 0.2) is 5.75 Å². The molecule has 0 fully saturated rings. The van der Waals surface area contributed by atoms with Crippen LogP contribution in [0.15, 0.2) is 45.4 Å². The van der Waals surface area contributed by atoms with Gasteiger partial charge < -0.3 is 25.2 Å². The Labute approximate surface area is 222 Å². The van der Waals surface area contributed by atoms with Crippen LogP contribution in [0.3, 0.4) is 0 Å². The molecule has 0 aromatic heterocycles. The summed E-state index contributed by atoms with van der Waals surface area (Å²) in [5.41, 5.74) is 3.61. The normalized spacial score (nSPS) is 13.7. The lowest BCUT2D eigenvalue weighted by Crippen LogP contribution is -2.30. The Morgan fingerprint density at radius 3 is 2.67 bits per heavy atom. The molecule has 10 heteroatoms. The Morgan fingerprint density at radius 1 is 1.18 bits per heavy atom. The van der Waals surface area contributed by atoms with E-state index in [9.17, 15) is 9.59 Å². The van der Waals surface area contributed by atoms with Gasteiger partial charge in [0.2, 0.25) is 0 Å². The van der Waals surface area contributed by atoms with Crippen LogP contribution in [0.1, 0.15) is 24.0 Å². The number of carbonyl (C=O) groups excluding carboxylic acids is 2. The smallest absolute Gasteiger partial charge is 0.408 e. The van der Waals surface area contributed by atoms with Crippen LogP contribution >= 0.6 is 54.5 Å². The summed E-state index contributed by atoms with van der Waals surface area (Å²) in [5.74, 6) is 0.334. The van der Waals surface area contributed by atoms with Crippen LogP contribution in [-0.4, -0.2) is 43.5 Å². The second-order valence-corrected chi connectivity index (χ2v) is 10.1. The minimum Gasteiger partial charge on any atom is -0.408 e. The number of rotatable bonds is 10.